The average molecular weight is 419 g/mol. The zero-order valence-corrected chi connectivity index (χ0v) is 16.5. The zero-order valence-electron chi connectivity index (χ0n) is 16.5. The van der Waals surface area contributed by atoms with Gasteiger partial charge in [-0.1, -0.05) is 6.07 Å². The van der Waals surface area contributed by atoms with E-state index >= 15 is 0 Å². The molecule has 158 valence electrons. The molecule has 0 radical (unpaired) electrons. The maximum absolute atomic E-state index is 13.1. The van der Waals surface area contributed by atoms with Crippen LogP contribution in [0, 0.1) is 6.92 Å². The molecule has 1 saturated carbocycles. The number of pyridine rings is 1. The third-order valence-corrected chi connectivity index (χ3v) is 5.04. The van der Waals surface area contributed by atoms with Crippen LogP contribution in [0.4, 0.5) is 13.2 Å². The Labute approximate surface area is 169 Å². The van der Waals surface area contributed by atoms with Gasteiger partial charge in [-0.25, -0.2) is 4.98 Å². The first-order chi connectivity index (χ1) is 14.2. The van der Waals surface area contributed by atoms with Gasteiger partial charge in [-0.2, -0.15) is 18.3 Å². The van der Waals surface area contributed by atoms with Crippen LogP contribution in [-0.2, 0) is 12.7 Å². The fourth-order valence-corrected chi connectivity index (χ4v) is 3.50. The van der Waals surface area contributed by atoms with Crippen molar-refractivity contribution in [3.05, 3.63) is 63.0 Å². The van der Waals surface area contributed by atoms with Crippen LogP contribution >= 0.6 is 0 Å². The van der Waals surface area contributed by atoms with Gasteiger partial charge in [0, 0.05) is 24.2 Å². The molecule has 1 aliphatic carbocycles. The molecule has 30 heavy (non-hydrogen) atoms. The molecule has 1 aliphatic rings. The molecular formula is C20H20F3N5O2. The molecule has 3 heterocycles. The minimum absolute atomic E-state index is 0.0437. The second-order valence-corrected chi connectivity index (χ2v) is 7.39. The smallest absolute Gasteiger partial charge is 0.351 e. The lowest BCUT2D eigenvalue weighted by Crippen LogP contribution is -2.30. The number of alkyl halides is 3. The molecule has 0 aromatic carbocycles. The van der Waals surface area contributed by atoms with Gasteiger partial charge < -0.3 is 5.32 Å². The predicted octanol–water partition coefficient (Wildman–Crippen LogP) is 2.89. The largest absolute Gasteiger partial charge is 0.435 e. The van der Waals surface area contributed by atoms with Gasteiger partial charge in [0.25, 0.3) is 11.5 Å². The first-order valence-electron chi connectivity index (χ1n) is 9.64. The van der Waals surface area contributed by atoms with Crippen LogP contribution in [0.3, 0.4) is 0 Å². The molecule has 3 aromatic heterocycles. The van der Waals surface area contributed by atoms with E-state index in [1.807, 2.05) is 0 Å². The van der Waals surface area contributed by atoms with E-state index in [1.165, 1.54) is 15.1 Å². The minimum Gasteiger partial charge on any atom is -0.351 e. The first-order valence-corrected chi connectivity index (χ1v) is 9.64. The molecular weight excluding hydrogens is 399 g/mol. The van der Waals surface area contributed by atoms with Crippen LogP contribution in [-0.4, -0.2) is 31.6 Å². The summed E-state index contributed by atoms with van der Waals surface area (Å²) in [6.07, 6.45) is -2.91. The lowest BCUT2D eigenvalue weighted by atomic mass is 10.2. The lowest BCUT2D eigenvalue weighted by Gasteiger charge is -2.12. The van der Waals surface area contributed by atoms with Crippen molar-refractivity contribution in [3.63, 3.8) is 0 Å². The number of rotatable bonds is 5. The normalized spacial score (nSPS) is 14.3. The Bertz CT molecular complexity index is 1190. The summed E-state index contributed by atoms with van der Waals surface area (Å²) >= 11 is 0. The van der Waals surface area contributed by atoms with Crippen molar-refractivity contribution in [1.82, 2.24) is 24.5 Å². The number of hydrogen-bond acceptors (Lipinski definition) is 4. The van der Waals surface area contributed by atoms with E-state index < -0.39 is 23.3 Å². The topological polar surface area (TPSA) is 81.3 Å². The van der Waals surface area contributed by atoms with E-state index in [-0.39, 0.29) is 29.5 Å². The second kappa shape index (κ2) is 7.26. The summed E-state index contributed by atoms with van der Waals surface area (Å²) in [5, 5.41) is 6.38. The Morgan fingerprint density at radius 2 is 2.00 bits per heavy atom. The van der Waals surface area contributed by atoms with Crippen LogP contribution in [0.2, 0.25) is 0 Å². The molecule has 4 rings (SSSR count). The Hall–Kier alpha value is -3.17. The zero-order chi connectivity index (χ0) is 21.6. The van der Waals surface area contributed by atoms with Gasteiger partial charge in [0.2, 0.25) is 0 Å². The number of carbonyl (C=O) groups is 1. The maximum atomic E-state index is 13.1. The van der Waals surface area contributed by atoms with E-state index in [9.17, 15) is 22.8 Å². The third-order valence-electron chi connectivity index (χ3n) is 5.04. The predicted molar refractivity (Wildman–Crippen MR) is 103 cm³/mol. The van der Waals surface area contributed by atoms with E-state index in [0.29, 0.717) is 17.8 Å². The van der Waals surface area contributed by atoms with Crippen LogP contribution in [0.5, 0.6) is 0 Å². The van der Waals surface area contributed by atoms with Gasteiger partial charge >= 0.3 is 6.18 Å². The Morgan fingerprint density at radius 1 is 1.27 bits per heavy atom. The lowest BCUT2D eigenvalue weighted by molar-refractivity contribution is -0.141. The number of carbonyl (C=O) groups excluding carboxylic acids is 1. The highest BCUT2D eigenvalue weighted by Crippen LogP contribution is 2.42. The summed E-state index contributed by atoms with van der Waals surface area (Å²) in [4.78, 5) is 29.6. The van der Waals surface area contributed by atoms with Crippen molar-refractivity contribution >= 4 is 11.6 Å². The number of fused-ring (bicyclic) bond motifs is 1. The van der Waals surface area contributed by atoms with Crippen LogP contribution in [0.25, 0.3) is 5.65 Å². The van der Waals surface area contributed by atoms with Crippen molar-refractivity contribution in [1.29, 1.82) is 0 Å². The molecule has 1 N–H and O–H groups in total. The average Bonchev–Trinajstić information content (AvgIpc) is 3.41. The molecule has 3 aromatic rings. The summed E-state index contributed by atoms with van der Waals surface area (Å²) < 4.78 is 41.8. The molecule has 10 heteroatoms. The van der Waals surface area contributed by atoms with Crippen molar-refractivity contribution in [2.75, 3.05) is 6.54 Å². The summed E-state index contributed by atoms with van der Waals surface area (Å²) in [6, 6.07) is 5.60. The molecule has 0 spiro atoms. The molecule has 0 atom stereocenters. The molecule has 0 unspecified atom stereocenters. The van der Waals surface area contributed by atoms with E-state index in [0.717, 1.165) is 18.9 Å². The highest BCUT2D eigenvalue weighted by molar-refractivity contribution is 5.94. The SMILES string of the molecule is CCNC(=O)c1c(C)ccc2nc(Cn3nc(C(F)(F)F)cc3C3CC3)cc(=O)n12. The summed E-state index contributed by atoms with van der Waals surface area (Å²) in [7, 11) is 0. The van der Waals surface area contributed by atoms with Gasteiger partial charge in [0.15, 0.2) is 5.69 Å². The molecule has 0 bridgehead atoms. The first kappa shape index (κ1) is 20.1. The number of amides is 1. The van der Waals surface area contributed by atoms with E-state index in [1.54, 1.807) is 26.0 Å². The van der Waals surface area contributed by atoms with E-state index in [2.05, 4.69) is 15.4 Å². The van der Waals surface area contributed by atoms with E-state index in [4.69, 9.17) is 0 Å². The van der Waals surface area contributed by atoms with Crippen LogP contribution in [0.1, 0.15) is 58.8 Å². The highest BCUT2D eigenvalue weighted by atomic mass is 19.4. The van der Waals surface area contributed by atoms with Crippen molar-refractivity contribution < 1.29 is 18.0 Å². The minimum atomic E-state index is -4.54. The number of hydrogen-bond donors (Lipinski definition) is 1. The number of nitrogens with zero attached hydrogens (tertiary/aromatic N) is 4. The molecule has 0 saturated heterocycles. The quantitative estimate of drug-likeness (QED) is 0.690. The summed E-state index contributed by atoms with van der Waals surface area (Å²) in [6.45, 7) is 3.83. The Balaban J connectivity index is 1.77. The molecule has 1 fully saturated rings. The van der Waals surface area contributed by atoms with Gasteiger partial charge in [0.05, 0.1) is 12.2 Å². The maximum Gasteiger partial charge on any atom is 0.435 e. The number of nitrogens with one attached hydrogen (secondary N) is 1. The molecule has 7 nitrogen and oxygen atoms in total. The highest BCUT2D eigenvalue weighted by Gasteiger charge is 2.37. The number of aryl methyl sites for hydroxylation is 1. The number of halogens is 3. The van der Waals surface area contributed by atoms with Gasteiger partial charge in [-0.05, 0) is 44.4 Å². The van der Waals surface area contributed by atoms with Crippen molar-refractivity contribution in [3.8, 4) is 0 Å². The standard InChI is InChI=1S/C20H20F3N5O2/c1-3-24-19(30)18-11(2)4-7-16-25-13(8-17(29)28(16)18)10-27-14(12-5-6-12)9-15(26-27)20(21,22)23/h4,7-9,12H,3,5-6,10H2,1-2H3,(H,24,30). The molecule has 1 amide bonds. The fourth-order valence-electron chi connectivity index (χ4n) is 3.50. The number of aromatic nitrogens is 4. The summed E-state index contributed by atoms with van der Waals surface area (Å²) in [5.74, 6) is -0.350. The monoisotopic (exact) mass is 419 g/mol. The third kappa shape index (κ3) is 3.69. The van der Waals surface area contributed by atoms with Gasteiger partial charge in [-0.15, -0.1) is 0 Å². The van der Waals surface area contributed by atoms with Crippen LogP contribution < -0.4 is 10.9 Å². The van der Waals surface area contributed by atoms with Gasteiger partial charge in [-0.3, -0.25) is 18.7 Å². The van der Waals surface area contributed by atoms with Crippen molar-refractivity contribution in [2.24, 2.45) is 0 Å². The van der Waals surface area contributed by atoms with Gasteiger partial charge in [0.1, 0.15) is 11.3 Å². The van der Waals surface area contributed by atoms with Crippen molar-refractivity contribution in [2.45, 2.75) is 45.3 Å². The Kier molecular flexibility index (Phi) is 4.87. The Morgan fingerprint density at radius 3 is 2.63 bits per heavy atom. The van der Waals surface area contributed by atoms with Crippen LogP contribution in [0.15, 0.2) is 29.1 Å². The fraction of sp³-hybridized carbons (Fsp3) is 0.400. The molecule has 0 aliphatic heterocycles. The summed E-state index contributed by atoms with van der Waals surface area (Å²) in [5.41, 5.74) is 0.409. The second-order valence-electron chi connectivity index (χ2n) is 7.39.